The van der Waals surface area contributed by atoms with E-state index < -0.39 is 5.97 Å². The zero-order chi connectivity index (χ0) is 21.6. The number of anilines is 1. The average Bonchev–Trinajstić information content (AvgIpc) is 2.83. The summed E-state index contributed by atoms with van der Waals surface area (Å²) in [6, 6.07) is 32.9. The second kappa shape index (κ2) is 9.09. The van der Waals surface area contributed by atoms with Gasteiger partial charge in [0.2, 0.25) is 0 Å². The molecule has 4 nitrogen and oxygen atoms in total. The van der Waals surface area contributed by atoms with Gasteiger partial charge in [0.1, 0.15) is 0 Å². The average molecular weight is 406 g/mol. The first-order valence-corrected chi connectivity index (χ1v) is 9.96. The van der Waals surface area contributed by atoms with Gasteiger partial charge in [-0.1, -0.05) is 91.0 Å². The number of para-hydroxylation sites is 1. The van der Waals surface area contributed by atoms with Crippen LogP contribution in [-0.2, 0) is 6.54 Å². The van der Waals surface area contributed by atoms with Crippen LogP contribution in [0, 0.1) is 0 Å². The van der Waals surface area contributed by atoms with Crippen molar-refractivity contribution in [3.8, 4) is 11.1 Å². The molecule has 152 valence electrons. The molecule has 0 aliphatic rings. The maximum absolute atomic E-state index is 13.8. The summed E-state index contributed by atoms with van der Waals surface area (Å²) in [7, 11) is 0. The molecule has 0 atom stereocenters. The van der Waals surface area contributed by atoms with Crippen LogP contribution in [0.3, 0.4) is 0 Å². The van der Waals surface area contributed by atoms with E-state index in [-0.39, 0.29) is 11.5 Å². The van der Waals surface area contributed by atoms with Gasteiger partial charge in [-0.25, -0.2) is 0 Å². The Labute approximate surface area is 181 Å². The molecule has 4 aromatic rings. The number of benzene rings is 4. The first-order valence-electron chi connectivity index (χ1n) is 9.96. The van der Waals surface area contributed by atoms with E-state index in [4.69, 9.17) is 0 Å². The van der Waals surface area contributed by atoms with Crippen molar-refractivity contribution in [2.45, 2.75) is 6.54 Å². The fourth-order valence-corrected chi connectivity index (χ4v) is 3.60. The van der Waals surface area contributed by atoms with Gasteiger partial charge in [-0.2, -0.15) is 0 Å². The summed E-state index contributed by atoms with van der Waals surface area (Å²) in [6.07, 6.45) is 0. The Hall–Kier alpha value is -4.18. The number of hydrogen-bond donors (Lipinski definition) is 0. The summed E-state index contributed by atoms with van der Waals surface area (Å²) in [4.78, 5) is 27.2. The van der Waals surface area contributed by atoms with Crippen molar-refractivity contribution in [1.82, 2.24) is 0 Å². The van der Waals surface area contributed by atoms with Crippen molar-refractivity contribution in [2.24, 2.45) is 0 Å². The summed E-state index contributed by atoms with van der Waals surface area (Å²) in [5.74, 6) is -1.49. The SMILES string of the molecule is O=C([O-])c1ccccc1-c1ccccc1C(=O)N(Cc1ccccc1)c1ccccc1. The zero-order valence-corrected chi connectivity index (χ0v) is 16.8. The Morgan fingerprint density at radius 2 is 1.10 bits per heavy atom. The van der Waals surface area contributed by atoms with Crippen molar-refractivity contribution in [3.05, 3.63) is 126 Å². The molecule has 4 aromatic carbocycles. The van der Waals surface area contributed by atoms with Crippen molar-refractivity contribution < 1.29 is 14.7 Å². The molecule has 0 aromatic heterocycles. The van der Waals surface area contributed by atoms with Crippen molar-refractivity contribution in [2.75, 3.05) is 4.90 Å². The van der Waals surface area contributed by atoms with Crippen LogP contribution in [0.15, 0.2) is 109 Å². The van der Waals surface area contributed by atoms with Gasteiger partial charge in [0.05, 0.1) is 12.5 Å². The van der Waals surface area contributed by atoms with Gasteiger partial charge < -0.3 is 14.8 Å². The quantitative estimate of drug-likeness (QED) is 0.471. The van der Waals surface area contributed by atoms with E-state index in [0.717, 1.165) is 11.3 Å². The third-order valence-electron chi connectivity index (χ3n) is 5.09. The van der Waals surface area contributed by atoms with Gasteiger partial charge in [0.15, 0.2) is 0 Å². The molecule has 0 bridgehead atoms. The second-order valence-corrected chi connectivity index (χ2v) is 7.09. The number of carboxylic acids is 1. The van der Waals surface area contributed by atoms with Gasteiger partial charge in [-0.3, -0.25) is 4.79 Å². The normalized spacial score (nSPS) is 10.5. The van der Waals surface area contributed by atoms with Gasteiger partial charge >= 0.3 is 0 Å². The number of aromatic carboxylic acids is 1. The fraction of sp³-hybridized carbons (Fsp3) is 0.0370. The van der Waals surface area contributed by atoms with Crippen LogP contribution in [-0.4, -0.2) is 11.9 Å². The van der Waals surface area contributed by atoms with Gasteiger partial charge in [-0.05, 0) is 34.9 Å². The highest BCUT2D eigenvalue weighted by atomic mass is 16.4. The van der Waals surface area contributed by atoms with Crippen LogP contribution in [0.2, 0.25) is 0 Å². The van der Waals surface area contributed by atoms with Crippen molar-refractivity contribution in [3.63, 3.8) is 0 Å². The van der Waals surface area contributed by atoms with Crippen LogP contribution in [0.25, 0.3) is 11.1 Å². The maximum atomic E-state index is 13.8. The summed E-state index contributed by atoms with van der Waals surface area (Å²) in [5.41, 5.74) is 3.25. The third kappa shape index (κ3) is 4.38. The molecule has 4 heteroatoms. The van der Waals surface area contributed by atoms with E-state index in [0.29, 0.717) is 23.2 Å². The number of carbonyl (C=O) groups is 2. The molecular formula is C27H20NO3-. The molecule has 4 rings (SSSR count). The minimum absolute atomic E-state index is 0.0528. The smallest absolute Gasteiger partial charge is 0.259 e. The van der Waals surface area contributed by atoms with Crippen molar-refractivity contribution >= 4 is 17.6 Å². The molecular weight excluding hydrogens is 386 g/mol. The predicted molar refractivity (Wildman–Crippen MR) is 120 cm³/mol. The maximum Gasteiger partial charge on any atom is 0.259 e. The number of carboxylic acid groups (broad SMARTS) is 1. The summed E-state index contributed by atoms with van der Waals surface area (Å²) < 4.78 is 0. The molecule has 1 amide bonds. The van der Waals surface area contributed by atoms with Crippen LogP contribution in [0.4, 0.5) is 5.69 Å². The highest BCUT2D eigenvalue weighted by Gasteiger charge is 2.22. The van der Waals surface area contributed by atoms with E-state index in [1.807, 2.05) is 60.7 Å². The number of amides is 1. The van der Waals surface area contributed by atoms with Gasteiger partial charge in [-0.15, -0.1) is 0 Å². The first kappa shape index (κ1) is 20.1. The summed E-state index contributed by atoms with van der Waals surface area (Å²) in [6.45, 7) is 0.389. The molecule has 0 saturated carbocycles. The number of hydrogen-bond acceptors (Lipinski definition) is 3. The Morgan fingerprint density at radius 1 is 0.613 bits per heavy atom. The van der Waals surface area contributed by atoms with Crippen molar-refractivity contribution in [1.29, 1.82) is 0 Å². The molecule has 31 heavy (non-hydrogen) atoms. The standard InChI is InChI=1S/C27H21NO3/c29-26(28(21-13-5-2-6-14-21)19-20-11-3-1-4-12-20)24-17-9-7-15-22(24)23-16-8-10-18-25(23)27(30)31/h1-18H,19H2,(H,30,31)/p-1. The lowest BCUT2D eigenvalue weighted by atomic mass is 9.94. The molecule has 0 spiro atoms. The molecule has 0 unspecified atom stereocenters. The fourth-order valence-electron chi connectivity index (χ4n) is 3.60. The van der Waals surface area contributed by atoms with Crippen LogP contribution in [0.5, 0.6) is 0 Å². The largest absolute Gasteiger partial charge is 0.545 e. The van der Waals surface area contributed by atoms with E-state index in [1.165, 1.54) is 6.07 Å². The Balaban J connectivity index is 1.81. The number of nitrogens with zero attached hydrogens (tertiary/aromatic N) is 1. The van der Waals surface area contributed by atoms with Crippen LogP contribution >= 0.6 is 0 Å². The lowest BCUT2D eigenvalue weighted by Gasteiger charge is -2.25. The second-order valence-electron chi connectivity index (χ2n) is 7.09. The highest BCUT2D eigenvalue weighted by molar-refractivity contribution is 6.11. The molecule has 0 saturated heterocycles. The molecule has 0 aliphatic heterocycles. The highest BCUT2D eigenvalue weighted by Crippen LogP contribution is 2.30. The summed E-state index contributed by atoms with van der Waals surface area (Å²) in [5, 5.41) is 11.7. The van der Waals surface area contributed by atoms with E-state index in [1.54, 1.807) is 47.4 Å². The van der Waals surface area contributed by atoms with Gasteiger partial charge in [0.25, 0.3) is 5.91 Å². The molecule has 0 fully saturated rings. The number of carbonyl (C=O) groups excluding carboxylic acids is 2. The Bertz CT molecular complexity index is 1200. The molecule has 0 aliphatic carbocycles. The monoisotopic (exact) mass is 406 g/mol. The predicted octanol–water partition coefficient (Wildman–Crippen LogP) is 4.56. The van der Waals surface area contributed by atoms with Crippen LogP contribution < -0.4 is 10.0 Å². The van der Waals surface area contributed by atoms with Gasteiger partial charge in [0, 0.05) is 16.8 Å². The molecule has 0 heterocycles. The van der Waals surface area contributed by atoms with E-state index in [2.05, 4.69) is 0 Å². The molecule has 0 radical (unpaired) electrons. The van der Waals surface area contributed by atoms with E-state index >= 15 is 0 Å². The minimum Gasteiger partial charge on any atom is -0.545 e. The lowest BCUT2D eigenvalue weighted by molar-refractivity contribution is -0.254. The van der Waals surface area contributed by atoms with E-state index in [9.17, 15) is 14.7 Å². The summed E-state index contributed by atoms with van der Waals surface area (Å²) >= 11 is 0. The Kier molecular flexibility index (Phi) is 5.90. The zero-order valence-electron chi connectivity index (χ0n) is 16.8. The topological polar surface area (TPSA) is 60.4 Å². The third-order valence-corrected chi connectivity index (χ3v) is 5.09. The minimum atomic E-state index is -1.28. The Morgan fingerprint density at radius 3 is 1.71 bits per heavy atom. The number of rotatable bonds is 6. The lowest BCUT2D eigenvalue weighted by Crippen LogP contribution is -2.31. The first-order chi connectivity index (χ1) is 15.1. The van der Waals surface area contributed by atoms with Crippen LogP contribution in [0.1, 0.15) is 26.3 Å². The molecule has 0 N–H and O–H groups in total.